The predicted octanol–water partition coefficient (Wildman–Crippen LogP) is 1.63. The van der Waals surface area contributed by atoms with E-state index in [9.17, 15) is 4.39 Å². The maximum Gasteiger partial charge on any atom is 0.175 e. The van der Waals surface area contributed by atoms with Gasteiger partial charge in [0, 0.05) is 12.8 Å². The van der Waals surface area contributed by atoms with E-state index in [1.54, 1.807) is 12.1 Å². The van der Waals surface area contributed by atoms with Gasteiger partial charge in [-0.25, -0.2) is 14.1 Å². The standard InChI is InChI=1S/C13H16FN5O/c1-3-10-16-11(4-2)19(17-10)9-7-5-6-8(14)12(9)13(15)18-20/h5-7,20H,3-4H2,1-2H3,(H2,15,18). The summed E-state index contributed by atoms with van der Waals surface area (Å²) in [5.74, 6) is 0.484. The Morgan fingerprint density at radius 1 is 1.40 bits per heavy atom. The number of hydrogen-bond acceptors (Lipinski definition) is 4. The molecular weight excluding hydrogens is 261 g/mol. The van der Waals surface area contributed by atoms with Gasteiger partial charge < -0.3 is 10.9 Å². The molecule has 6 nitrogen and oxygen atoms in total. The predicted molar refractivity (Wildman–Crippen MR) is 72.6 cm³/mol. The molecule has 20 heavy (non-hydrogen) atoms. The van der Waals surface area contributed by atoms with E-state index in [0.717, 1.165) is 0 Å². The Labute approximate surface area is 115 Å². The number of benzene rings is 1. The number of rotatable bonds is 4. The second-order valence-electron chi connectivity index (χ2n) is 4.18. The number of hydrogen-bond donors (Lipinski definition) is 2. The van der Waals surface area contributed by atoms with Gasteiger partial charge in [0.15, 0.2) is 11.7 Å². The summed E-state index contributed by atoms with van der Waals surface area (Å²) in [7, 11) is 0. The molecule has 0 atom stereocenters. The molecule has 0 aliphatic carbocycles. The van der Waals surface area contributed by atoms with Gasteiger partial charge in [-0.05, 0) is 12.1 Å². The zero-order valence-electron chi connectivity index (χ0n) is 11.3. The molecule has 1 aromatic carbocycles. The second kappa shape index (κ2) is 5.68. The van der Waals surface area contributed by atoms with Crippen molar-refractivity contribution >= 4 is 5.84 Å². The molecule has 0 spiro atoms. The van der Waals surface area contributed by atoms with Gasteiger partial charge in [-0.2, -0.15) is 5.10 Å². The van der Waals surface area contributed by atoms with Crippen LogP contribution >= 0.6 is 0 Å². The summed E-state index contributed by atoms with van der Waals surface area (Å²) < 4.78 is 15.5. The first-order valence-electron chi connectivity index (χ1n) is 6.33. The molecule has 0 saturated carbocycles. The molecular formula is C13H16FN5O. The van der Waals surface area contributed by atoms with Crippen LogP contribution in [0.3, 0.4) is 0 Å². The molecule has 0 aliphatic heterocycles. The Bertz CT molecular complexity index is 650. The number of aryl methyl sites for hydroxylation is 2. The van der Waals surface area contributed by atoms with Crippen LogP contribution < -0.4 is 5.73 Å². The Balaban J connectivity index is 2.69. The van der Waals surface area contributed by atoms with Crippen LogP contribution in [0, 0.1) is 5.82 Å². The van der Waals surface area contributed by atoms with Crippen LogP contribution in [0.15, 0.2) is 23.4 Å². The molecule has 1 heterocycles. The normalized spacial score (nSPS) is 11.8. The van der Waals surface area contributed by atoms with Gasteiger partial charge in [-0.3, -0.25) is 0 Å². The largest absolute Gasteiger partial charge is 0.409 e. The second-order valence-corrected chi connectivity index (χ2v) is 4.18. The quantitative estimate of drug-likeness (QED) is 0.384. The lowest BCUT2D eigenvalue weighted by atomic mass is 10.1. The third-order valence-corrected chi connectivity index (χ3v) is 2.93. The van der Waals surface area contributed by atoms with E-state index in [0.29, 0.717) is 30.2 Å². The van der Waals surface area contributed by atoms with Crippen molar-refractivity contribution in [3.63, 3.8) is 0 Å². The van der Waals surface area contributed by atoms with Crippen molar-refractivity contribution in [2.24, 2.45) is 10.9 Å². The average Bonchev–Trinajstić information content (AvgIpc) is 2.89. The molecule has 7 heteroatoms. The van der Waals surface area contributed by atoms with Gasteiger partial charge in [-0.15, -0.1) is 0 Å². The van der Waals surface area contributed by atoms with Gasteiger partial charge >= 0.3 is 0 Å². The van der Waals surface area contributed by atoms with E-state index in [-0.39, 0.29) is 11.4 Å². The van der Waals surface area contributed by atoms with E-state index in [1.807, 2.05) is 13.8 Å². The number of amidine groups is 1. The first-order chi connectivity index (χ1) is 9.62. The van der Waals surface area contributed by atoms with Crippen LogP contribution in [0.25, 0.3) is 5.69 Å². The SMILES string of the molecule is CCc1nc(CC)n(-c2cccc(F)c2C(N)=NO)n1. The fraction of sp³-hybridized carbons (Fsp3) is 0.308. The van der Waals surface area contributed by atoms with Crippen LogP contribution in [0.4, 0.5) is 4.39 Å². The molecule has 0 bridgehead atoms. The highest BCUT2D eigenvalue weighted by atomic mass is 19.1. The summed E-state index contributed by atoms with van der Waals surface area (Å²) in [6.45, 7) is 3.87. The van der Waals surface area contributed by atoms with Gasteiger partial charge in [0.05, 0.1) is 11.3 Å². The molecule has 0 radical (unpaired) electrons. The third-order valence-electron chi connectivity index (χ3n) is 2.93. The Hall–Kier alpha value is -2.44. The monoisotopic (exact) mass is 277 g/mol. The highest BCUT2D eigenvalue weighted by molar-refractivity contribution is 6.00. The Kier molecular flexibility index (Phi) is 3.97. The Morgan fingerprint density at radius 3 is 2.75 bits per heavy atom. The van der Waals surface area contributed by atoms with Crippen molar-refractivity contribution in [1.29, 1.82) is 0 Å². The van der Waals surface area contributed by atoms with Crippen molar-refractivity contribution in [2.45, 2.75) is 26.7 Å². The maximum atomic E-state index is 14.0. The van der Waals surface area contributed by atoms with Crippen LogP contribution in [0.5, 0.6) is 0 Å². The molecule has 2 aromatic rings. The minimum Gasteiger partial charge on any atom is -0.409 e. The summed E-state index contributed by atoms with van der Waals surface area (Å²) in [5.41, 5.74) is 5.98. The lowest BCUT2D eigenvalue weighted by Crippen LogP contribution is -2.19. The van der Waals surface area contributed by atoms with Crippen LogP contribution in [-0.2, 0) is 12.8 Å². The maximum absolute atomic E-state index is 14.0. The molecule has 0 aliphatic rings. The van der Waals surface area contributed by atoms with Crippen LogP contribution in [0.2, 0.25) is 0 Å². The fourth-order valence-electron chi connectivity index (χ4n) is 1.96. The number of nitrogens with zero attached hydrogens (tertiary/aromatic N) is 4. The minimum atomic E-state index is -0.576. The summed E-state index contributed by atoms with van der Waals surface area (Å²) in [4.78, 5) is 4.37. The lowest BCUT2D eigenvalue weighted by molar-refractivity contribution is 0.318. The first kappa shape index (κ1) is 14.0. The van der Waals surface area contributed by atoms with E-state index < -0.39 is 5.82 Å². The minimum absolute atomic E-state index is 0.0113. The van der Waals surface area contributed by atoms with E-state index >= 15 is 0 Å². The fourth-order valence-corrected chi connectivity index (χ4v) is 1.96. The van der Waals surface area contributed by atoms with E-state index in [4.69, 9.17) is 10.9 Å². The smallest absolute Gasteiger partial charge is 0.175 e. The molecule has 2 rings (SSSR count). The molecule has 0 amide bonds. The van der Waals surface area contributed by atoms with Crippen molar-refractivity contribution in [3.05, 3.63) is 41.2 Å². The van der Waals surface area contributed by atoms with Crippen molar-refractivity contribution in [3.8, 4) is 5.69 Å². The third kappa shape index (κ3) is 2.34. The summed E-state index contributed by atoms with van der Waals surface area (Å²) in [6.07, 6.45) is 1.31. The molecule has 106 valence electrons. The zero-order chi connectivity index (χ0) is 14.7. The molecule has 0 fully saturated rings. The van der Waals surface area contributed by atoms with Crippen molar-refractivity contribution in [1.82, 2.24) is 14.8 Å². The van der Waals surface area contributed by atoms with E-state index in [1.165, 1.54) is 10.7 Å². The van der Waals surface area contributed by atoms with Gasteiger partial charge in [0.25, 0.3) is 0 Å². The summed E-state index contributed by atoms with van der Waals surface area (Å²) in [6, 6.07) is 4.45. The van der Waals surface area contributed by atoms with Gasteiger partial charge in [0.2, 0.25) is 0 Å². The Morgan fingerprint density at radius 2 is 2.15 bits per heavy atom. The van der Waals surface area contributed by atoms with E-state index in [2.05, 4.69) is 15.2 Å². The molecule has 0 unspecified atom stereocenters. The first-order valence-corrected chi connectivity index (χ1v) is 6.33. The van der Waals surface area contributed by atoms with Gasteiger partial charge in [0.1, 0.15) is 11.6 Å². The molecule has 1 aromatic heterocycles. The van der Waals surface area contributed by atoms with Crippen LogP contribution in [-0.4, -0.2) is 25.8 Å². The summed E-state index contributed by atoms with van der Waals surface area (Å²) in [5, 5.41) is 16.0. The molecule has 3 N–H and O–H groups in total. The summed E-state index contributed by atoms with van der Waals surface area (Å²) >= 11 is 0. The van der Waals surface area contributed by atoms with Crippen molar-refractivity contribution in [2.75, 3.05) is 0 Å². The zero-order valence-corrected chi connectivity index (χ0v) is 11.3. The topological polar surface area (TPSA) is 89.3 Å². The highest BCUT2D eigenvalue weighted by Gasteiger charge is 2.18. The number of aromatic nitrogens is 3. The average molecular weight is 277 g/mol. The number of oxime groups is 1. The number of halogens is 1. The van der Waals surface area contributed by atoms with Gasteiger partial charge in [-0.1, -0.05) is 25.1 Å². The number of nitrogens with two attached hydrogens (primary N) is 1. The molecule has 0 saturated heterocycles. The van der Waals surface area contributed by atoms with Crippen LogP contribution in [0.1, 0.15) is 31.1 Å². The van der Waals surface area contributed by atoms with Crippen molar-refractivity contribution < 1.29 is 9.60 Å². The highest BCUT2D eigenvalue weighted by Crippen LogP contribution is 2.19. The lowest BCUT2D eigenvalue weighted by Gasteiger charge is -2.10.